The molecule has 0 saturated carbocycles. The smallest absolute Gasteiger partial charge is 0.194 e. The third-order valence-corrected chi connectivity index (χ3v) is 7.74. The summed E-state index contributed by atoms with van der Waals surface area (Å²) in [4.78, 5) is 0. The average molecular weight is 201 g/mol. The van der Waals surface area contributed by atoms with Crippen molar-refractivity contribution in [2.45, 2.75) is 58.0 Å². The van der Waals surface area contributed by atoms with Gasteiger partial charge in [-0.3, -0.25) is 5.32 Å². The van der Waals surface area contributed by atoms with Crippen molar-refractivity contribution in [3.63, 3.8) is 0 Å². The molecule has 0 unspecified atom stereocenters. The van der Waals surface area contributed by atoms with Crippen molar-refractivity contribution in [3.8, 4) is 0 Å². The highest BCUT2D eigenvalue weighted by molar-refractivity contribution is 6.74. The molecule has 0 radical (unpaired) electrons. The van der Waals surface area contributed by atoms with Crippen LogP contribution in [0.2, 0.25) is 18.1 Å². The Bertz CT molecular complexity index is 168. The van der Waals surface area contributed by atoms with Gasteiger partial charge >= 0.3 is 0 Å². The number of nitrogens with one attached hydrogen (secondary N) is 1. The summed E-state index contributed by atoms with van der Waals surface area (Å²) in [6, 6.07) is 0. The molecule has 1 atom stereocenters. The summed E-state index contributed by atoms with van der Waals surface area (Å²) in [7, 11) is -1.53. The first-order chi connectivity index (χ1) is 5.83. The Kier molecular flexibility index (Phi) is 3.20. The van der Waals surface area contributed by atoms with Gasteiger partial charge in [0.25, 0.3) is 0 Å². The highest BCUT2D eigenvalue weighted by Crippen LogP contribution is 2.37. The van der Waals surface area contributed by atoms with Crippen molar-refractivity contribution in [2.24, 2.45) is 0 Å². The van der Waals surface area contributed by atoms with E-state index in [4.69, 9.17) is 4.43 Å². The molecule has 1 saturated heterocycles. The van der Waals surface area contributed by atoms with Crippen LogP contribution in [-0.4, -0.2) is 21.1 Å². The molecule has 2 nitrogen and oxygen atoms in total. The second-order valence-electron chi connectivity index (χ2n) is 5.46. The van der Waals surface area contributed by atoms with Gasteiger partial charge in [-0.05, 0) is 37.5 Å². The maximum Gasteiger partial charge on any atom is 0.194 e. The Labute approximate surface area is 83.2 Å². The average Bonchev–Trinajstić information content (AvgIpc) is 2.35. The number of rotatable bonds is 2. The Morgan fingerprint density at radius 2 is 1.92 bits per heavy atom. The van der Waals surface area contributed by atoms with Crippen molar-refractivity contribution >= 4 is 8.32 Å². The molecule has 1 rings (SSSR count). The van der Waals surface area contributed by atoms with Gasteiger partial charge in [0.2, 0.25) is 0 Å². The monoisotopic (exact) mass is 201 g/mol. The molecule has 0 aliphatic carbocycles. The van der Waals surface area contributed by atoms with E-state index < -0.39 is 8.32 Å². The zero-order valence-corrected chi connectivity index (χ0v) is 10.6. The molecule has 3 heteroatoms. The van der Waals surface area contributed by atoms with Crippen LogP contribution in [0.5, 0.6) is 0 Å². The van der Waals surface area contributed by atoms with Crippen LogP contribution in [0.3, 0.4) is 0 Å². The fourth-order valence-corrected chi connectivity index (χ4v) is 2.55. The molecule has 1 aliphatic heterocycles. The number of hydrogen-bond donors (Lipinski definition) is 1. The zero-order valence-electron chi connectivity index (χ0n) is 9.61. The molecule has 78 valence electrons. The Morgan fingerprint density at radius 3 is 2.31 bits per heavy atom. The lowest BCUT2D eigenvalue weighted by atomic mass is 10.2. The lowest BCUT2D eigenvalue weighted by Crippen LogP contribution is -2.46. The third-order valence-electron chi connectivity index (χ3n) is 3.26. The van der Waals surface area contributed by atoms with E-state index in [-0.39, 0.29) is 0 Å². The maximum absolute atomic E-state index is 6.19. The van der Waals surface area contributed by atoms with Gasteiger partial charge in [0, 0.05) is 0 Å². The van der Waals surface area contributed by atoms with E-state index in [0.29, 0.717) is 11.3 Å². The van der Waals surface area contributed by atoms with Crippen molar-refractivity contribution in [1.82, 2.24) is 5.32 Å². The first-order valence-electron chi connectivity index (χ1n) is 5.24. The molecule has 0 bridgehead atoms. The predicted octanol–water partition coefficient (Wildman–Crippen LogP) is 2.72. The molecule has 1 heterocycles. The quantitative estimate of drug-likeness (QED) is 0.694. The van der Waals surface area contributed by atoms with Gasteiger partial charge in [0.1, 0.15) is 0 Å². The van der Waals surface area contributed by atoms with Crippen LogP contribution in [0.25, 0.3) is 0 Å². The third kappa shape index (κ3) is 2.79. The molecule has 0 aromatic carbocycles. The molecule has 0 aromatic rings. The highest BCUT2D eigenvalue weighted by atomic mass is 28.4. The minimum absolute atomic E-state index is 0.331. The van der Waals surface area contributed by atoms with Gasteiger partial charge < -0.3 is 4.43 Å². The van der Waals surface area contributed by atoms with Gasteiger partial charge in [-0.2, -0.15) is 0 Å². The van der Waals surface area contributed by atoms with Gasteiger partial charge in [-0.15, -0.1) is 0 Å². The Balaban J connectivity index is 2.50. The van der Waals surface area contributed by atoms with Crippen LogP contribution in [0.15, 0.2) is 0 Å². The van der Waals surface area contributed by atoms with Crippen LogP contribution >= 0.6 is 0 Å². The maximum atomic E-state index is 6.19. The SMILES string of the molecule is CC(C)(C)[Si](C)(C)O[C@H]1CCCN1. The first-order valence-corrected chi connectivity index (χ1v) is 8.15. The fourth-order valence-electron chi connectivity index (χ4n) is 1.29. The van der Waals surface area contributed by atoms with Crippen molar-refractivity contribution in [2.75, 3.05) is 6.54 Å². The zero-order chi connectivity index (χ0) is 10.1. The fraction of sp³-hybridized carbons (Fsp3) is 1.00. The molecule has 1 aliphatic rings. The van der Waals surface area contributed by atoms with Crippen molar-refractivity contribution in [1.29, 1.82) is 0 Å². The van der Waals surface area contributed by atoms with E-state index in [1.54, 1.807) is 0 Å². The lowest BCUT2D eigenvalue weighted by molar-refractivity contribution is 0.167. The summed E-state index contributed by atoms with van der Waals surface area (Å²) in [5.74, 6) is 0. The normalized spacial score (nSPS) is 25.2. The molecular formula is C10H23NOSi. The van der Waals surface area contributed by atoms with Crippen LogP contribution in [0.4, 0.5) is 0 Å². The van der Waals surface area contributed by atoms with Gasteiger partial charge in [0.05, 0.1) is 6.23 Å². The highest BCUT2D eigenvalue weighted by Gasteiger charge is 2.39. The summed E-state index contributed by atoms with van der Waals surface area (Å²) in [6.07, 6.45) is 2.78. The summed E-state index contributed by atoms with van der Waals surface area (Å²) in [5.41, 5.74) is 0. The van der Waals surface area contributed by atoms with E-state index in [9.17, 15) is 0 Å². The van der Waals surface area contributed by atoms with Crippen molar-refractivity contribution < 1.29 is 4.43 Å². The summed E-state index contributed by atoms with van der Waals surface area (Å²) >= 11 is 0. The second-order valence-corrected chi connectivity index (χ2v) is 10.2. The lowest BCUT2D eigenvalue weighted by Gasteiger charge is -2.38. The summed E-state index contributed by atoms with van der Waals surface area (Å²) < 4.78 is 6.19. The van der Waals surface area contributed by atoms with Gasteiger partial charge in [-0.25, -0.2) is 0 Å². The van der Waals surface area contributed by atoms with E-state index in [0.717, 1.165) is 6.54 Å². The molecule has 0 aromatic heterocycles. The summed E-state index contributed by atoms with van der Waals surface area (Å²) in [5, 5.41) is 3.73. The second kappa shape index (κ2) is 3.71. The number of hydrogen-bond acceptors (Lipinski definition) is 2. The molecule has 1 fully saturated rings. The molecular weight excluding hydrogens is 178 g/mol. The van der Waals surface area contributed by atoms with E-state index in [2.05, 4.69) is 39.2 Å². The van der Waals surface area contributed by atoms with Crippen molar-refractivity contribution in [3.05, 3.63) is 0 Å². The minimum atomic E-state index is -1.53. The van der Waals surface area contributed by atoms with Gasteiger partial charge in [-0.1, -0.05) is 20.8 Å². The van der Waals surface area contributed by atoms with Crippen LogP contribution in [0, 0.1) is 0 Å². The van der Waals surface area contributed by atoms with E-state index in [1.165, 1.54) is 12.8 Å². The molecule has 1 N–H and O–H groups in total. The molecule has 13 heavy (non-hydrogen) atoms. The Hall–Kier alpha value is 0.137. The van der Waals surface area contributed by atoms with Crippen LogP contribution < -0.4 is 5.32 Å². The van der Waals surface area contributed by atoms with Crippen LogP contribution in [-0.2, 0) is 4.43 Å². The topological polar surface area (TPSA) is 21.3 Å². The first kappa shape index (κ1) is 11.2. The van der Waals surface area contributed by atoms with E-state index >= 15 is 0 Å². The summed E-state index contributed by atoms with van der Waals surface area (Å²) in [6.45, 7) is 12.6. The minimum Gasteiger partial charge on any atom is -0.402 e. The predicted molar refractivity (Wildman–Crippen MR) is 59.3 cm³/mol. The van der Waals surface area contributed by atoms with Gasteiger partial charge in [0.15, 0.2) is 8.32 Å². The molecule has 0 amide bonds. The standard InChI is InChI=1S/C10H23NOSi/c1-10(2,3)13(4,5)12-9-7-6-8-11-9/h9,11H,6-8H2,1-5H3/t9-/m0/s1. The Morgan fingerprint density at radius 1 is 1.31 bits per heavy atom. The largest absolute Gasteiger partial charge is 0.402 e. The molecule has 0 spiro atoms. The van der Waals surface area contributed by atoms with E-state index in [1.807, 2.05) is 0 Å². The van der Waals surface area contributed by atoms with Crippen LogP contribution in [0.1, 0.15) is 33.6 Å².